The SMILES string of the molecule is O=C(Nc1ccc2cncnc2n1)N(CCO)CCO. The average molecular weight is 277 g/mol. The van der Waals surface area contributed by atoms with Gasteiger partial charge in [0.2, 0.25) is 0 Å². The molecule has 0 aromatic carbocycles. The average Bonchev–Trinajstić information content (AvgIpc) is 2.47. The second kappa shape index (κ2) is 6.73. The van der Waals surface area contributed by atoms with Crippen LogP contribution < -0.4 is 5.32 Å². The molecule has 0 aliphatic rings. The van der Waals surface area contributed by atoms with Crippen LogP contribution in [0.2, 0.25) is 0 Å². The maximum atomic E-state index is 11.9. The molecule has 0 aliphatic carbocycles. The summed E-state index contributed by atoms with van der Waals surface area (Å²) >= 11 is 0. The molecular weight excluding hydrogens is 262 g/mol. The summed E-state index contributed by atoms with van der Waals surface area (Å²) in [5.74, 6) is 0.349. The van der Waals surface area contributed by atoms with Gasteiger partial charge < -0.3 is 15.1 Å². The highest BCUT2D eigenvalue weighted by atomic mass is 16.3. The third-order valence-corrected chi connectivity index (χ3v) is 2.63. The molecule has 0 spiro atoms. The van der Waals surface area contributed by atoms with Crippen molar-refractivity contribution in [1.29, 1.82) is 0 Å². The molecule has 8 heteroatoms. The lowest BCUT2D eigenvalue weighted by molar-refractivity contribution is 0.167. The van der Waals surface area contributed by atoms with Crippen LogP contribution in [0.4, 0.5) is 10.6 Å². The van der Waals surface area contributed by atoms with E-state index in [0.717, 1.165) is 5.39 Å². The molecule has 106 valence electrons. The van der Waals surface area contributed by atoms with Crippen molar-refractivity contribution in [3.63, 3.8) is 0 Å². The first-order valence-electron chi connectivity index (χ1n) is 6.09. The van der Waals surface area contributed by atoms with Crippen LogP contribution in [0.3, 0.4) is 0 Å². The Balaban J connectivity index is 2.11. The number of pyridine rings is 1. The van der Waals surface area contributed by atoms with E-state index in [1.165, 1.54) is 11.2 Å². The summed E-state index contributed by atoms with van der Waals surface area (Å²) in [6.45, 7) is -0.0676. The maximum Gasteiger partial charge on any atom is 0.323 e. The van der Waals surface area contributed by atoms with Gasteiger partial charge in [-0.15, -0.1) is 0 Å². The summed E-state index contributed by atoms with van der Waals surface area (Å²) in [7, 11) is 0. The van der Waals surface area contributed by atoms with E-state index in [0.29, 0.717) is 11.5 Å². The van der Waals surface area contributed by atoms with Crippen molar-refractivity contribution in [3.8, 4) is 0 Å². The quantitative estimate of drug-likeness (QED) is 0.700. The number of nitrogens with zero attached hydrogens (tertiary/aromatic N) is 4. The molecule has 0 atom stereocenters. The van der Waals surface area contributed by atoms with Crippen molar-refractivity contribution in [3.05, 3.63) is 24.7 Å². The molecule has 2 amide bonds. The van der Waals surface area contributed by atoms with E-state index in [9.17, 15) is 4.79 Å². The number of aromatic nitrogens is 3. The van der Waals surface area contributed by atoms with E-state index in [4.69, 9.17) is 10.2 Å². The Hall–Kier alpha value is -2.32. The fourth-order valence-electron chi connectivity index (χ4n) is 1.68. The molecule has 3 N–H and O–H groups in total. The summed E-state index contributed by atoms with van der Waals surface area (Å²) in [5, 5.41) is 21.1. The molecule has 0 bridgehead atoms. The summed E-state index contributed by atoms with van der Waals surface area (Å²) in [6, 6.07) is 2.95. The zero-order valence-electron chi connectivity index (χ0n) is 10.7. The largest absolute Gasteiger partial charge is 0.395 e. The lowest BCUT2D eigenvalue weighted by Crippen LogP contribution is -2.39. The molecule has 2 aromatic rings. The fourth-order valence-corrected chi connectivity index (χ4v) is 1.68. The number of nitrogens with one attached hydrogen (secondary N) is 1. The van der Waals surface area contributed by atoms with Gasteiger partial charge in [0.15, 0.2) is 5.65 Å². The second-order valence-electron chi connectivity index (χ2n) is 4.00. The van der Waals surface area contributed by atoms with Crippen molar-refractivity contribution in [1.82, 2.24) is 19.9 Å². The number of amides is 2. The first-order valence-corrected chi connectivity index (χ1v) is 6.09. The minimum absolute atomic E-state index is 0.141. The van der Waals surface area contributed by atoms with E-state index in [1.807, 2.05) is 0 Å². The number of hydrogen-bond acceptors (Lipinski definition) is 6. The third-order valence-electron chi connectivity index (χ3n) is 2.63. The van der Waals surface area contributed by atoms with Crippen LogP contribution >= 0.6 is 0 Å². The van der Waals surface area contributed by atoms with Gasteiger partial charge in [-0.25, -0.2) is 19.7 Å². The predicted octanol–water partition coefficient (Wildman–Crippen LogP) is -0.157. The van der Waals surface area contributed by atoms with Gasteiger partial charge >= 0.3 is 6.03 Å². The predicted molar refractivity (Wildman–Crippen MR) is 72.1 cm³/mol. The number of carbonyl (C=O) groups is 1. The van der Waals surface area contributed by atoms with Gasteiger partial charge in [0.1, 0.15) is 12.1 Å². The number of aliphatic hydroxyl groups is 2. The van der Waals surface area contributed by atoms with Gasteiger partial charge in [-0.1, -0.05) is 0 Å². The van der Waals surface area contributed by atoms with Crippen molar-refractivity contribution >= 4 is 22.9 Å². The van der Waals surface area contributed by atoms with Gasteiger partial charge in [0, 0.05) is 24.7 Å². The normalized spacial score (nSPS) is 10.5. The smallest absolute Gasteiger partial charge is 0.323 e. The molecular formula is C12H15N5O3. The summed E-state index contributed by atoms with van der Waals surface area (Å²) in [6.07, 6.45) is 3.01. The van der Waals surface area contributed by atoms with E-state index in [-0.39, 0.29) is 26.3 Å². The molecule has 2 aromatic heterocycles. The van der Waals surface area contributed by atoms with Crippen LogP contribution in [-0.2, 0) is 0 Å². The van der Waals surface area contributed by atoms with Crippen LogP contribution in [0.1, 0.15) is 0 Å². The first kappa shape index (κ1) is 14.1. The molecule has 0 unspecified atom stereocenters. The molecule has 2 rings (SSSR count). The lowest BCUT2D eigenvalue weighted by atomic mass is 10.3. The van der Waals surface area contributed by atoms with Crippen LogP contribution in [0.15, 0.2) is 24.7 Å². The van der Waals surface area contributed by atoms with E-state index in [2.05, 4.69) is 20.3 Å². The van der Waals surface area contributed by atoms with Crippen LogP contribution in [-0.4, -0.2) is 62.4 Å². The molecule has 2 heterocycles. The highest BCUT2D eigenvalue weighted by Gasteiger charge is 2.13. The number of urea groups is 1. The zero-order chi connectivity index (χ0) is 14.4. The third kappa shape index (κ3) is 3.37. The van der Waals surface area contributed by atoms with Gasteiger partial charge in [-0.05, 0) is 12.1 Å². The Morgan fingerprint density at radius 2 is 2.00 bits per heavy atom. The topological polar surface area (TPSA) is 111 Å². The molecule has 0 saturated heterocycles. The van der Waals surface area contributed by atoms with Crippen LogP contribution in [0.5, 0.6) is 0 Å². The van der Waals surface area contributed by atoms with Crippen molar-refractivity contribution in [2.45, 2.75) is 0 Å². The Kier molecular flexibility index (Phi) is 4.75. The Bertz CT molecular complexity index is 586. The molecule has 0 aliphatic heterocycles. The molecule has 0 radical (unpaired) electrons. The Labute approximate surface area is 115 Å². The maximum absolute atomic E-state index is 11.9. The molecule has 0 fully saturated rings. The van der Waals surface area contributed by atoms with Gasteiger partial charge in [0.05, 0.1) is 13.2 Å². The molecule has 8 nitrogen and oxygen atoms in total. The van der Waals surface area contributed by atoms with Gasteiger partial charge in [-0.2, -0.15) is 0 Å². The van der Waals surface area contributed by atoms with Gasteiger partial charge in [-0.3, -0.25) is 5.32 Å². The fraction of sp³-hybridized carbons (Fsp3) is 0.333. The molecule has 20 heavy (non-hydrogen) atoms. The lowest BCUT2D eigenvalue weighted by Gasteiger charge is -2.20. The monoisotopic (exact) mass is 277 g/mol. The summed E-state index contributed by atoms with van der Waals surface area (Å²) in [5.41, 5.74) is 0.480. The number of aliphatic hydroxyl groups excluding tert-OH is 2. The zero-order valence-corrected chi connectivity index (χ0v) is 10.7. The minimum atomic E-state index is -0.436. The van der Waals surface area contributed by atoms with Crippen LogP contribution in [0, 0.1) is 0 Å². The highest BCUT2D eigenvalue weighted by Crippen LogP contribution is 2.11. The molecule has 0 saturated carbocycles. The summed E-state index contributed by atoms with van der Waals surface area (Å²) in [4.78, 5) is 25.3. The van der Waals surface area contributed by atoms with Crippen molar-refractivity contribution in [2.24, 2.45) is 0 Å². The number of hydrogen-bond donors (Lipinski definition) is 3. The van der Waals surface area contributed by atoms with E-state index < -0.39 is 6.03 Å². The number of carbonyl (C=O) groups excluding carboxylic acids is 1. The van der Waals surface area contributed by atoms with E-state index >= 15 is 0 Å². The highest BCUT2D eigenvalue weighted by molar-refractivity contribution is 5.89. The summed E-state index contributed by atoms with van der Waals surface area (Å²) < 4.78 is 0. The minimum Gasteiger partial charge on any atom is -0.395 e. The Morgan fingerprint density at radius 1 is 1.25 bits per heavy atom. The van der Waals surface area contributed by atoms with E-state index in [1.54, 1.807) is 18.3 Å². The van der Waals surface area contributed by atoms with Crippen LogP contribution in [0.25, 0.3) is 11.0 Å². The van der Waals surface area contributed by atoms with Crippen molar-refractivity contribution < 1.29 is 15.0 Å². The second-order valence-corrected chi connectivity index (χ2v) is 4.00. The van der Waals surface area contributed by atoms with Crippen molar-refractivity contribution in [2.75, 3.05) is 31.6 Å². The van der Waals surface area contributed by atoms with Gasteiger partial charge in [0.25, 0.3) is 0 Å². The first-order chi connectivity index (χ1) is 9.74. The number of rotatable bonds is 5. The number of anilines is 1. The standard InChI is InChI=1S/C12H15N5O3/c18-5-3-17(4-6-19)12(20)16-10-2-1-9-7-13-8-14-11(9)15-10/h1-2,7-8,18-19H,3-6H2,(H,13,14,15,16,20). The Morgan fingerprint density at radius 3 is 2.70 bits per heavy atom. The number of fused-ring (bicyclic) bond motifs is 1.